The number of benzene rings is 1. The van der Waals surface area contributed by atoms with Crippen LogP contribution in [0.4, 0.5) is 5.69 Å². The Balaban J connectivity index is 2.14. The Hall–Kier alpha value is -0.610. The number of thiocarbonyl (C=S) groups is 1. The van der Waals surface area contributed by atoms with Crippen LogP contribution in [0, 0.1) is 5.92 Å². The number of nitrogens with two attached hydrogens (primary N) is 1. The summed E-state index contributed by atoms with van der Waals surface area (Å²) in [5.41, 5.74) is 8.01. The number of hydrogen-bond acceptors (Lipinski definition) is 2. The molecule has 1 aromatic rings. The Labute approximate surface area is 129 Å². The summed E-state index contributed by atoms with van der Waals surface area (Å²) >= 11 is 8.70. The van der Waals surface area contributed by atoms with Crippen LogP contribution in [0.2, 0.25) is 0 Å². The Bertz CT molecular complexity index is 453. The lowest BCUT2D eigenvalue weighted by Crippen LogP contribution is -2.35. The van der Waals surface area contributed by atoms with Crippen LogP contribution in [0.3, 0.4) is 0 Å². The van der Waals surface area contributed by atoms with E-state index < -0.39 is 0 Å². The van der Waals surface area contributed by atoms with Crippen molar-refractivity contribution in [2.75, 3.05) is 18.0 Å². The third-order valence-corrected chi connectivity index (χ3v) is 4.59. The fourth-order valence-electron chi connectivity index (χ4n) is 2.85. The molecule has 1 fully saturated rings. The second-order valence-corrected chi connectivity index (χ2v) is 6.60. The van der Waals surface area contributed by atoms with Gasteiger partial charge in [0.25, 0.3) is 0 Å². The molecule has 0 bridgehead atoms. The van der Waals surface area contributed by atoms with Crippen LogP contribution in [0.1, 0.15) is 38.2 Å². The van der Waals surface area contributed by atoms with Crippen molar-refractivity contribution in [2.45, 2.75) is 32.6 Å². The molecule has 2 N–H and O–H groups in total. The van der Waals surface area contributed by atoms with Crippen LogP contribution in [-0.2, 0) is 0 Å². The normalized spacial score (nSPS) is 16.6. The van der Waals surface area contributed by atoms with Crippen molar-refractivity contribution in [1.82, 2.24) is 0 Å². The van der Waals surface area contributed by atoms with E-state index >= 15 is 0 Å². The Kier molecular flexibility index (Phi) is 5.22. The summed E-state index contributed by atoms with van der Waals surface area (Å²) in [5, 5.41) is 0. The number of nitrogens with zero attached hydrogens (tertiary/aromatic N) is 1. The van der Waals surface area contributed by atoms with Gasteiger partial charge in [0.05, 0.1) is 0 Å². The first-order chi connectivity index (χ1) is 9.11. The molecule has 0 aromatic heterocycles. The zero-order valence-corrected chi connectivity index (χ0v) is 13.8. The highest BCUT2D eigenvalue weighted by Crippen LogP contribution is 2.30. The zero-order chi connectivity index (χ0) is 13.8. The van der Waals surface area contributed by atoms with E-state index in [0.29, 0.717) is 4.99 Å². The molecule has 1 aliphatic heterocycles. The van der Waals surface area contributed by atoms with Crippen LogP contribution < -0.4 is 10.6 Å². The standard InChI is InChI=1S/C15H21BrN2S/c1-2-3-11-6-8-18(9-7-11)14-10-12(16)4-5-13(14)15(17)19/h4-5,10-11H,2-3,6-9H2,1H3,(H2,17,19). The smallest absolute Gasteiger partial charge is 0.106 e. The van der Waals surface area contributed by atoms with Gasteiger partial charge < -0.3 is 10.6 Å². The van der Waals surface area contributed by atoms with Gasteiger partial charge in [-0.25, -0.2) is 0 Å². The molecule has 0 amide bonds. The van der Waals surface area contributed by atoms with Crippen LogP contribution >= 0.6 is 28.1 Å². The predicted octanol–water partition coefficient (Wildman–Crippen LogP) is 4.10. The summed E-state index contributed by atoms with van der Waals surface area (Å²) in [7, 11) is 0. The second-order valence-electron chi connectivity index (χ2n) is 5.24. The predicted molar refractivity (Wildman–Crippen MR) is 89.9 cm³/mol. The van der Waals surface area contributed by atoms with Crippen LogP contribution in [0.25, 0.3) is 0 Å². The van der Waals surface area contributed by atoms with E-state index in [1.165, 1.54) is 31.4 Å². The summed E-state index contributed by atoms with van der Waals surface area (Å²) in [6.07, 6.45) is 5.20. The minimum atomic E-state index is 0.484. The van der Waals surface area contributed by atoms with Crippen LogP contribution in [-0.4, -0.2) is 18.1 Å². The van der Waals surface area contributed by atoms with E-state index in [1.807, 2.05) is 12.1 Å². The second kappa shape index (κ2) is 6.71. The molecule has 0 saturated carbocycles. The monoisotopic (exact) mass is 340 g/mol. The third-order valence-electron chi connectivity index (χ3n) is 3.88. The zero-order valence-electron chi connectivity index (χ0n) is 11.4. The molecule has 1 aliphatic rings. The SMILES string of the molecule is CCCC1CCN(c2cc(Br)ccc2C(N)=S)CC1. The molecule has 1 heterocycles. The van der Waals surface area contributed by atoms with Gasteiger partial charge >= 0.3 is 0 Å². The molecule has 1 aromatic carbocycles. The number of piperidine rings is 1. The molecule has 0 unspecified atom stereocenters. The number of rotatable bonds is 4. The summed E-state index contributed by atoms with van der Waals surface area (Å²) in [4.78, 5) is 2.91. The molecule has 0 aliphatic carbocycles. The van der Waals surface area contributed by atoms with Crippen molar-refractivity contribution in [2.24, 2.45) is 11.7 Å². The van der Waals surface area contributed by atoms with Gasteiger partial charge in [-0.3, -0.25) is 0 Å². The van der Waals surface area contributed by atoms with Crippen LogP contribution in [0.5, 0.6) is 0 Å². The Morgan fingerprint density at radius 1 is 1.42 bits per heavy atom. The van der Waals surface area contributed by atoms with Gasteiger partial charge in [-0.05, 0) is 37.0 Å². The highest BCUT2D eigenvalue weighted by atomic mass is 79.9. The van der Waals surface area contributed by atoms with Gasteiger partial charge in [0, 0.05) is 28.8 Å². The topological polar surface area (TPSA) is 29.3 Å². The van der Waals surface area contributed by atoms with Gasteiger partial charge in [-0.2, -0.15) is 0 Å². The number of halogens is 1. The maximum atomic E-state index is 5.84. The van der Waals surface area contributed by atoms with Gasteiger partial charge in [-0.1, -0.05) is 47.9 Å². The fraction of sp³-hybridized carbons (Fsp3) is 0.533. The minimum absolute atomic E-state index is 0.484. The maximum absolute atomic E-state index is 5.84. The molecular weight excluding hydrogens is 320 g/mol. The molecule has 2 nitrogen and oxygen atoms in total. The first-order valence-electron chi connectivity index (χ1n) is 6.96. The first-order valence-corrected chi connectivity index (χ1v) is 8.16. The fourth-order valence-corrected chi connectivity index (χ4v) is 3.37. The van der Waals surface area contributed by atoms with E-state index in [2.05, 4.69) is 33.8 Å². The molecular formula is C15H21BrN2S. The molecule has 1 saturated heterocycles. The summed E-state index contributed by atoms with van der Waals surface area (Å²) in [5.74, 6) is 0.890. The lowest BCUT2D eigenvalue weighted by atomic mass is 9.92. The van der Waals surface area contributed by atoms with Crippen LogP contribution in [0.15, 0.2) is 22.7 Å². The third kappa shape index (κ3) is 3.69. The van der Waals surface area contributed by atoms with Gasteiger partial charge in [-0.15, -0.1) is 0 Å². The van der Waals surface area contributed by atoms with Gasteiger partial charge in [0.15, 0.2) is 0 Å². The molecule has 19 heavy (non-hydrogen) atoms. The molecule has 104 valence electrons. The number of anilines is 1. The number of hydrogen-bond donors (Lipinski definition) is 1. The van der Waals surface area contributed by atoms with E-state index in [4.69, 9.17) is 18.0 Å². The van der Waals surface area contributed by atoms with E-state index in [9.17, 15) is 0 Å². The summed E-state index contributed by atoms with van der Waals surface area (Å²) < 4.78 is 1.08. The first kappa shape index (κ1) is 14.8. The van der Waals surface area contributed by atoms with Crippen molar-refractivity contribution in [1.29, 1.82) is 0 Å². The van der Waals surface area contributed by atoms with Crippen molar-refractivity contribution in [3.8, 4) is 0 Å². The van der Waals surface area contributed by atoms with E-state index in [1.54, 1.807) is 0 Å². The maximum Gasteiger partial charge on any atom is 0.106 e. The Morgan fingerprint density at radius 3 is 2.68 bits per heavy atom. The van der Waals surface area contributed by atoms with Crippen molar-refractivity contribution in [3.05, 3.63) is 28.2 Å². The van der Waals surface area contributed by atoms with Crippen molar-refractivity contribution in [3.63, 3.8) is 0 Å². The molecule has 0 radical (unpaired) electrons. The lowest BCUT2D eigenvalue weighted by molar-refractivity contribution is 0.378. The minimum Gasteiger partial charge on any atom is -0.389 e. The van der Waals surface area contributed by atoms with Crippen molar-refractivity contribution >= 4 is 38.8 Å². The summed E-state index contributed by atoms with van der Waals surface area (Å²) in [6.45, 7) is 4.49. The molecule has 0 spiro atoms. The van der Waals surface area contributed by atoms with Crippen molar-refractivity contribution < 1.29 is 0 Å². The van der Waals surface area contributed by atoms with E-state index in [-0.39, 0.29) is 0 Å². The van der Waals surface area contributed by atoms with Gasteiger partial charge in [0.2, 0.25) is 0 Å². The lowest BCUT2D eigenvalue weighted by Gasteiger charge is -2.34. The Morgan fingerprint density at radius 2 is 2.11 bits per heavy atom. The molecule has 0 atom stereocenters. The highest BCUT2D eigenvalue weighted by Gasteiger charge is 2.21. The van der Waals surface area contributed by atoms with Gasteiger partial charge in [0.1, 0.15) is 4.99 Å². The average Bonchev–Trinajstić information content (AvgIpc) is 2.39. The quantitative estimate of drug-likeness (QED) is 0.836. The average molecular weight is 341 g/mol. The molecule has 4 heteroatoms. The largest absolute Gasteiger partial charge is 0.389 e. The molecule has 2 rings (SSSR count). The summed E-state index contributed by atoms with van der Waals surface area (Å²) in [6, 6.07) is 6.15. The highest BCUT2D eigenvalue weighted by molar-refractivity contribution is 9.10. The van der Waals surface area contributed by atoms with E-state index in [0.717, 1.165) is 29.0 Å².